The Kier molecular flexibility index (Phi) is 5.61. The van der Waals surface area contributed by atoms with E-state index in [-0.39, 0.29) is 35.1 Å². The second kappa shape index (κ2) is 7.78. The zero-order valence-corrected chi connectivity index (χ0v) is 21.7. The lowest BCUT2D eigenvalue weighted by Gasteiger charge is -2.62. The van der Waals surface area contributed by atoms with Crippen LogP contribution < -0.4 is 0 Å². The topological polar surface area (TPSA) is 61.8 Å². The fourth-order valence-corrected chi connectivity index (χ4v) is 9.72. The van der Waals surface area contributed by atoms with E-state index < -0.39 is 5.79 Å². The van der Waals surface area contributed by atoms with Crippen molar-refractivity contribution in [1.29, 1.82) is 0 Å². The van der Waals surface area contributed by atoms with Gasteiger partial charge in [-0.3, -0.25) is 9.59 Å². The van der Waals surface area contributed by atoms with Crippen LogP contribution in [-0.2, 0) is 23.8 Å². The molecule has 0 radical (unpaired) electrons. The predicted molar refractivity (Wildman–Crippen MR) is 125 cm³/mol. The molecule has 11 atom stereocenters. The maximum absolute atomic E-state index is 12.5. The Morgan fingerprint density at radius 2 is 1.73 bits per heavy atom. The average molecular weight is 461 g/mol. The molecule has 1 heterocycles. The van der Waals surface area contributed by atoms with Gasteiger partial charge in [-0.05, 0) is 93.8 Å². The average Bonchev–Trinajstić information content (AvgIpc) is 3.14. The van der Waals surface area contributed by atoms with E-state index in [1.807, 2.05) is 13.8 Å². The molecular weight excluding hydrogens is 416 g/mol. The highest BCUT2D eigenvalue weighted by Gasteiger charge is 2.66. The van der Waals surface area contributed by atoms with Crippen LogP contribution in [-0.4, -0.2) is 35.9 Å². The van der Waals surface area contributed by atoms with E-state index in [1.165, 1.54) is 12.8 Å². The summed E-state index contributed by atoms with van der Waals surface area (Å²) in [4.78, 5) is 24.6. The number of ketones is 1. The van der Waals surface area contributed by atoms with Gasteiger partial charge in [-0.1, -0.05) is 20.8 Å². The fraction of sp³-hybridized carbons (Fsp3) is 0.929. The van der Waals surface area contributed by atoms with Crippen molar-refractivity contribution in [1.82, 2.24) is 0 Å². The number of hydrogen-bond acceptors (Lipinski definition) is 5. The van der Waals surface area contributed by atoms with Crippen LogP contribution in [0.5, 0.6) is 0 Å². The van der Waals surface area contributed by atoms with Crippen LogP contribution in [0.3, 0.4) is 0 Å². The Bertz CT molecular complexity index is 821. The molecule has 33 heavy (non-hydrogen) atoms. The van der Waals surface area contributed by atoms with Crippen LogP contribution >= 0.6 is 0 Å². The Labute approximate surface area is 199 Å². The van der Waals surface area contributed by atoms with Gasteiger partial charge in [0.05, 0.1) is 12.2 Å². The predicted octanol–water partition coefficient (Wildman–Crippen LogP) is 5.54. The number of fused-ring (bicyclic) bond motifs is 5. The summed E-state index contributed by atoms with van der Waals surface area (Å²) >= 11 is 0. The van der Waals surface area contributed by atoms with Crippen LogP contribution in [0.15, 0.2) is 0 Å². The lowest BCUT2D eigenvalue weighted by atomic mass is 9.42. The molecular formula is C28H44O5. The van der Waals surface area contributed by atoms with E-state index in [0.717, 1.165) is 32.1 Å². The summed E-state index contributed by atoms with van der Waals surface area (Å²) in [5, 5.41) is 0. The van der Waals surface area contributed by atoms with Crippen molar-refractivity contribution in [2.24, 2.45) is 46.3 Å². The maximum atomic E-state index is 12.5. The van der Waals surface area contributed by atoms with Gasteiger partial charge in [-0.15, -0.1) is 0 Å². The summed E-state index contributed by atoms with van der Waals surface area (Å²) in [5.74, 6) is 2.67. The van der Waals surface area contributed by atoms with Crippen molar-refractivity contribution in [2.45, 2.75) is 118 Å². The number of ether oxygens (including phenoxy) is 3. The molecule has 186 valence electrons. The second-order valence-corrected chi connectivity index (χ2v) is 13.1. The molecule has 0 N–H and O–H groups in total. The third kappa shape index (κ3) is 3.54. The molecule has 2 unspecified atom stereocenters. The Morgan fingerprint density at radius 3 is 2.36 bits per heavy atom. The molecule has 0 aromatic rings. The number of carbonyl (C=O) groups excluding carboxylic acids is 2. The van der Waals surface area contributed by atoms with Crippen molar-refractivity contribution >= 4 is 11.8 Å². The summed E-state index contributed by atoms with van der Waals surface area (Å²) in [6.07, 6.45) is 6.97. The van der Waals surface area contributed by atoms with Crippen LogP contribution in [0, 0.1) is 46.3 Å². The van der Waals surface area contributed by atoms with Gasteiger partial charge >= 0.3 is 5.97 Å². The first kappa shape index (κ1) is 23.8. The lowest BCUT2D eigenvalue weighted by molar-refractivity contribution is -0.175. The van der Waals surface area contributed by atoms with Crippen molar-refractivity contribution < 1.29 is 23.8 Å². The largest absolute Gasteiger partial charge is 0.462 e. The number of rotatable bonds is 2. The van der Waals surface area contributed by atoms with Crippen LogP contribution in [0.1, 0.15) is 93.4 Å². The van der Waals surface area contributed by atoms with Crippen molar-refractivity contribution in [2.75, 3.05) is 0 Å². The van der Waals surface area contributed by atoms with Crippen molar-refractivity contribution in [3.05, 3.63) is 0 Å². The molecule has 0 amide bonds. The van der Waals surface area contributed by atoms with Crippen molar-refractivity contribution in [3.63, 3.8) is 0 Å². The van der Waals surface area contributed by atoms with Gasteiger partial charge in [0.1, 0.15) is 11.9 Å². The third-order valence-corrected chi connectivity index (χ3v) is 11.1. The first-order valence-corrected chi connectivity index (χ1v) is 13.4. The van der Waals surface area contributed by atoms with E-state index in [1.54, 1.807) is 6.92 Å². The van der Waals surface area contributed by atoms with Gasteiger partial charge in [-0.2, -0.15) is 0 Å². The Balaban J connectivity index is 1.52. The van der Waals surface area contributed by atoms with Crippen LogP contribution in [0.25, 0.3) is 0 Å². The van der Waals surface area contributed by atoms with Gasteiger partial charge in [0.2, 0.25) is 0 Å². The van der Waals surface area contributed by atoms with Crippen molar-refractivity contribution in [3.8, 4) is 0 Å². The summed E-state index contributed by atoms with van der Waals surface area (Å²) < 4.78 is 18.8. The fourth-order valence-electron chi connectivity index (χ4n) is 9.72. The molecule has 4 saturated carbocycles. The summed E-state index contributed by atoms with van der Waals surface area (Å²) in [7, 11) is 0. The van der Waals surface area contributed by atoms with Gasteiger partial charge in [-0.25, -0.2) is 0 Å². The van der Waals surface area contributed by atoms with Crippen LogP contribution in [0.4, 0.5) is 0 Å². The molecule has 5 heteroatoms. The second-order valence-electron chi connectivity index (χ2n) is 13.1. The molecule has 0 bridgehead atoms. The first-order chi connectivity index (χ1) is 15.4. The highest BCUT2D eigenvalue weighted by Crippen LogP contribution is 2.69. The van der Waals surface area contributed by atoms with E-state index in [0.29, 0.717) is 41.3 Å². The zero-order valence-electron chi connectivity index (χ0n) is 21.7. The maximum Gasteiger partial charge on any atom is 0.302 e. The van der Waals surface area contributed by atoms with Gasteiger partial charge in [0.15, 0.2) is 5.79 Å². The molecule has 0 aromatic carbocycles. The number of hydrogen-bond donors (Lipinski definition) is 0. The van der Waals surface area contributed by atoms with E-state index >= 15 is 0 Å². The molecule has 5 rings (SSSR count). The number of Topliss-reactive ketones (excluding diaryl/α,β-unsaturated/α-hetero) is 1. The molecule has 5 aliphatic rings. The smallest absolute Gasteiger partial charge is 0.302 e. The van der Waals surface area contributed by atoms with Crippen LogP contribution in [0.2, 0.25) is 0 Å². The van der Waals surface area contributed by atoms with E-state index in [9.17, 15) is 9.59 Å². The van der Waals surface area contributed by atoms with E-state index in [2.05, 4.69) is 27.7 Å². The number of esters is 1. The number of carbonyl (C=O) groups is 2. The zero-order chi connectivity index (χ0) is 23.9. The van der Waals surface area contributed by atoms with E-state index in [4.69, 9.17) is 14.2 Å². The molecule has 1 saturated heterocycles. The molecule has 4 aliphatic carbocycles. The highest BCUT2D eigenvalue weighted by atomic mass is 16.7. The lowest BCUT2D eigenvalue weighted by Crippen LogP contribution is -2.58. The standard InChI is InChI=1S/C28H44O5/c1-15-12-19(30)13-18-8-9-20-22(28(15,18)7)10-11-27(6)23(31-17(3)29)14-21(24(20)27)25-16(2)32-26(4,5)33-25/h15-16,18,20-25H,8-14H2,1-7H3/t15-,16?,18-,20+,21+,22-,23-,24+,25?,27+,28-/m0/s1. The summed E-state index contributed by atoms with van der Waals surface area (Å²) in [6, 6.07) is 0. The molecule has 0 spiro atoms. The Hall–Kier alpha value is -0.940. The van der Waals surface area contributed by atoms with Gasteiger partial charge in [0.25, 0.3) is 0 Å². The van der Waals surface area contributed by atoms with Gasteiger partial charge < -0.3 is 14.2 Å². The highest BCUT2D eigenvalue weighted by molar-refractivity contribution is 5.80. The monoisotopic (exact) mass is 460 g/mol. The first-order valence-electron chi connectivity index (χ1n) is 13.4. The minimum Gasteiger partial charge on any atom is -0.462 e. The normalized spacial score (nSPS) is 53.2. The molecule has 5 nitrogen and oxygen atoms in total. The SMILES string of the molecule is CC(=O)O[C@H]1C[C@@H](C2OC(C)(C)OC2C)[C@H]2[C@@H]3CC[C@H]4CC(=O)C[C@H](C)[C@]4(C)[C@H]3CC[C@@]21C. The minimum atomic E-state index is -0.573. The minimum absolute atomic E-state index is 0.0236. The Morgan fingerprint density at radius 1 is 1.00 bits per heavy atom. The summed E-state index contributed by atoms with van der Waals surface area (Å²) in [5.41, 5.74) is 0.199. The molecule has 1 aliphatic heterocycles. The molecule has 0 aromatic heterocycles. The third-order valence-electron chi connectivity index (χ3n) is 11.1. The summed E-state index contributed by atoms with van der Waals surface area (Å²) in [6.45, 7) is 14.9. The van der Waals surface area contributed by atoms with Gasteiger partial charge in [0, 0.05) is 25.2 Å². The molecule has 5 fully saturated rings. The quantitative estimate of drug-likeness (QED) is 0.506.